The molecule has 0 radical (unpaired) electrons. The maximum atomic E-state index is 13.2. The molecule has 0 unspecified atom stereocenters. The number of carbonyl (C=O) groups is 1. The summed E-state index contributed by atoms with van der Waals surface area (Å²) >= 11 is 0. The van der Waals surface area contributed by atoms with Crippen LogP contribution in [0.15, 0.2) is 47.4 Å². The zero-order valence-corrected chi connectivity index (χ0v) is 15.4. The topological polar surface area (TPSA) is 82.1 Å². The van der Waals surface area contributed by atoms with Crippen LogP contribution >= 0.6 is 0 Å². The van der Waals surface area contributed by atoms with Gasteiger partial charge < -0.3 is 14.2 Å². The fourth-order valence-corrected chi connectivity index (χ4v) is 3.96. The second-order valence-electron chi connectivity index (χ2n) is 5.60. The molecule has 0 saturated heterocycles. The van der Waals surface area contributed by atoms with E-state index < -0.39 is 28.4 Å². The van der Waals surface area contributed by atoms with Gasteiger partial charge in [0.1, 0.15) is 25.6 Å². The summed E-state index contributed by atoms with van der Waals surface area (Å²) in [6.07, 6.45) is 0. The zero-order valence-electron chi connectivity index (χ0n) is 14.6. The van der Waals surface area contributed by atoms with Crippen molar-refractivity contribution in [3.63, 3.8) is 0 Å². The van der Waals surface area contributed by atoms with E-state index in [1.807, 2.05) is 0 Å². The quantitative estimate of drug-likeness (QED) is 0.699. The van der Waals surface area contributed by atoms with Crippen LogP contribution in [0, 0.1) is 5.82 Å². The highest BCUT2D eigenvalue weighted by Crippen LogP contribution is 2.35. The molecule has 2 aromatic carbocycles. The van der Waals surface area contributed by atoms with Crippen LogP contribution in [0.4, 0.5) is 10.1 Å². The Labute approximate surface area is 156 Å². The summed E-state index contributed by atoms with van der Waals surface area (Å²) < 4.78 is 56.1. The predicted molar refractivity (Wildman–Crippen MR) is 95.0 cm³/mol. The Balaban J connectivity index is 2.03. The molecule has 0 aliphatic carbocycles. The molecule has 1 aliphatic rings. The van der Waals surface area contributed by atoms with Gasteiger partial charge in [-0.15, -0.1) is 0 Å². The molecule has 9 heteroatoms. The average Bonchev–Trinajstić information content (AvgIpc) is 2.66. The number of anilines is 1. The number of rotatable bonds is 6. The third-order valence-electron chi connectivity index (χ3n) is 3.79. The van der Waals surface area contributed by atoms with Crippen molar-refractivity contribution in [3.05, 3.63) is 48.3 Å². The smallest absolute Gasteiger partial charge is 0.326 e. The second kappa shape index (κ2) is 7.83. The van der Waals surface area contributed by atoms with Crippen molar-refractivity contribution in [1.82, 2.24) is 0 Å². The fraction of sp³-hybridized carbons (Fsp3) is 0.278. The molecule has 144 valence electrons. The van der Waals surface area contributed by atoms with E-state index in [0.717, 1.165) is 28.6 Å². The predicted octanol–water partition coefficient (Wildman–Crippen LogP) is 2.36. The summed E-state index contributed by atoms with van der Waals surface area (Å²) in [5.74, 6) is -0.412. The summed E-state index contributed by atoms with van der Waals surface area (Å²) in [5, 5.41) is 0. The molecular formula is C18H18FNO6S. The Morgan fingerprint density at radius 2 is 1.78 bits per heavy atom. The van der Waals surface area contributed by atoms with Crippen molar-refractivity contribution in [2.45, 2.75) is 11.8 Å². The molecule has 0 fully saturated rings. The van der Waals surface area contributed by atoms with E-state index >= 15 is 0 Å². The summed E-state index contributed by atoms with van der Waals surface area (Å²) in [6.45, 7) is 1.93. The van der Waals surface area contributed by atoms with Gasteiger partial charge in [0.25, 0.3) is 10.0 Å². The summed E-state index contributed by atoms with van der Waals surface area (Å²) in [6, 6.07) is 8.92. The van der Waals surface area contributed by atoms with Gasteiger partial charge in [0.15, 0.2) is 11.5 Å². The first-order chi connectivity index (χ1) is 12.9. The van der Waals surface area contributed by atoms with E-state index in [0.29, 0.717) is 24.7 Å². The molecule has 0 saturated carbocycles. The molecule has 2 aromatic rings. The van der Waals surface area contributed by atoms with Gasteiger partial charge in [0, 0.05) is 6.07 Å². The van der Waals surface area contributed by atoms with Crippen LogP contribution in [0.2, 0.25) is 0 Å². The third kappa shape index (κ3) is 4.13. The second-order valence-corrected chi connectivity index (χ2v) is 7.46. The minimum absolute atomic E-state index is 0.115. The molecule has 3 rings (SSSR count). The number of ether oxygens (including phenoxy) is 3. The molecule has 0 atom stereocenters. The van der Waals surface area contributed by atoms with Gasteiger partial charge in [-0.2, -0.15) is 0 Å². The van der Waals surface area contributed by atoms with Crippen molar-refractivity contribution in [1.29, 1.82) is 0 Å². The number of esters is 1. The summed E-state index contributed by atoms with van der Waals surface area (Å²) in [7, 11) is -4.14. The Bertz CT molecular complexity index is 929. The highest BCUT2D eigenvalue weighted by molar-refractivity contribution is 7.92. The van der Waals surface area contributed by atoms with E-state index in [1.54, 1.807) is 13.0 Å². The van der Waals surface area contributed by atoms with Gasteiger partial charge in [0.05, 0.1) is 17.2 Å². The van der Waals surface area contributed by atoms with E-state index in [9.17, 15) is 17.6 Å². The highest BCUT2D eigenvalue weighted by Gasteiger charge is 2.29. The monoisotopic (exact) mass is 395 g/mol. The Morgan fingerprint density at radius 3 is 2.44 bits per heavy atom. The van der Waals surface area contributed by atoms with Crippen molar-refractivity contribution < 1.29 is 31.8 Å². The lowest BCUT2D eigenvalue weighted by Gasteiger charge is -2.25. The molecule has 0 aromatic heterocycles. The van der Waals surface area contributed by atoms with Crippen molar-refractivity contribution in [2.75, 3.05) is 30.7 Å². The normalized spacial score (nSPS) is 13.1. The standard InChI is InChI=1S/C18H18FNO6S/c1-2-24-18(21)12-20(27(22,23)15-6-3-13(19)4-7-15)14-5-8-16-17(11-14)26-10-9-25-16/h3-8,11H,2,9-10,12H2,1H3. The lowest BCUT2D eigenvalue weighted by Crippen LogP contribution is -2.36. The maximum absolute atomic E-state index is 13.2. The van der Waals surface area contributed by atoms with E-state index in [2.05, 4.69) is 0 Å². The van der Waals surface area contributed by atoms with Gasteiger partial charge in [0.2, 0.25) is 0 Å². The summed E-state index contributed by atoms with van der Waals surface area (Å²) in [5.41, 5.74) is 0.205. The fourth-order valence-electron chi connectivity index (χ4n) is 2.56. The highest BCUT2D eigenvalue weighted by atomic mass is 32.2. The molecule has 1 heterocycles. The maximum Gasteiger partial charge on any atom is 0.326 e. The van der Waals surface area contributed by atoms with E-state index in [4.69, 9.17) is 14.2 Å². The van der Waals surface area contributed by atoms with Crippen molar-refractivity contribution in [3.8, 4) is 11.5 Å². The lowest BCUT2D eigenvalue weighted by atomic mass is 10.2. The zero-order chi connectivity index (χ0) is 19.4. The molecule has 0 amide bonds. The number of fused-ring (bicyclic) bond motifs is 1. The van der Waals surface area contributed by atoms with Gasteiger partial charge in [-0.1, -0.05) is 0 Å². The number of hydrogen-bond acceptors (Lipinski definition) is 6. The average molecular weight is 395 g/mol. The SMILES string of the molecule is CCOC(=O)CN(c1ccc2c(c1)OCCO2)S(=O)(=O)c1ccc(F)cc1. The number of carbonyl (C=O) groups excluding carboxylic acids is 1. The van der Waals surface area contributed by atoms with Crippen LogP contribution in [0.25, 0.3) is 0 Å². The Kier molecular flexibility index (Phi) is 5.50. The van der Waals surface area contributed by atoms with E-state index in [1.165, 1.54) is 12.1 Å². The number of benzene rings is 2. The first-order valence-corrected chi connectivity index (χ1v) is 9.69. The van der Waals surface area contributed by atoms with Crippen LogP contribution in [0.3, 0.4) is 0 Å². The van der Waals surface area contributed by atoms with Gasteiger partial charge in [-0.3, -0.25) is 9.10 Å². The first-order valence-electron chi connectivity index (χ1n) is 8.25. The molecule has 0 bridgehead atoms. The number of nitrogens with zero attached hydrogens (tertiary/aromatic N) is 1. The minimum Gasteiger partial charge on any atom is -0.486 e. The number of hydrogen-bond donors (Lipinski definition) is 0. The molecule has 0 N–H and O–H groups in total. The molecule has 1 aliphatic heterocycles. The molecule has 27 heavy (non-hydrogen) atoms. The first kappa shape index (κ1) is 19.0. The van der Waals surface area contributed by atoms with Crippen LogP contribution in [-0.4, -0.2) is 40.8 Å². The van der Waals surface area contributed by atoms with Crippen LogP contribution < -0.4 is 13.8 Å². The summed E-state index contributed by atoms with van der Waals surface area (Å²) in [4.78, 5) is 11.9. The van der Waals surface area contributed by atoms with Crippen LogP contribution in [-0.2, 0) is 19.6 Å². The molecular weight excluding hydrogens is 377 g/mol. The largest absolute Gasteiger partial charge is 0.486 e. The van der Waals surface area contributed by atoms with Gasteiger partial charge >= 0.3 is 5.97 Å². The third-order valence-corrected chi connectivity index (χ3v) is 5.58. The van der Waals surface area contributed by atoms with Crippen molar-refractivity contribution in [2.24, 2.45) is 0 Å². The van der Waals surface area contributed by atoms with E-state index in [-0.39, 0.29) is 17.2 Å². The Morgan fingerprint density at radius 1 is 1.11 bits per heavy atom. The van der Waals surface area contributed by atoms with Crippen LogP contribution in [0.5, 0.6) is 11.5 Å². The lowest BCUT2D eigenvalue weighted by molar-refractivity contribution is -0.141. The number of halogens is 1. The van der Waals surface area contributed by atoms with Crippen molar-refractivity contribution >= 4 is 21.7 Å². The van der Waals surface area contributed by atoms with Gasteiger partial charge in [-0.05, 0) is 43.3 Å². The minimum atomic E-state index is -4.14. The van der Waals surface area contributed by atoms with Gasteiger partial charge in [-0.25, -0.2) is 12.8 Å². The molecule has 0 spiro atoms. The number of sulfonamides is 1. The van der Waals surface area contributed by atoms with Crippen LogP contribution in [0.1, 0.15) is 6.92 Å². The molecule has 7 nitrogen and oxygen atoms in total. The Hall–Kier alpha value is -2.81.